The van der Waals surface area contributed by atoms with Crippen molar-refractivity contribution >= 4 is 31.6 Å². The molecule has 0 saturated heterocycles. The second kappa shape index (κ2) is 5.29. The number of carbonyl (C=O) groups is 1. The summed E-state index contributed by atoms with van der Waals surface area (Å²) in [5.74, 6) is 0.559. The topological polar surface area (TPSA) is 35.5 Å². The number of hydrogen-bond acceptors (Lipinski definition) is 5. The molecule has 0 saturated carbocycles. The minimum atomic E-state index is -0.00358. The summed E-state index contributed by atoms with van der Waals surface area (Å²) in [5.41, 5.74) is 1.35. The summed E-state index contributed by atoms with van der Waals surface area (Å²) in [4.78, 5) is 11.1. The van der Waals surface area contributed by atoms with Crippen LogP contribution in [0.2, 0.25) is 0 Å². The van der Waals surface area contributed by atoms with Crippen LogP contribution in [0.15, 0.2) is 18.2 Å². The number of rotatable bonds is 4. The van der Waals surface area contributed by atoms with Gasteiger partial charge in [-0.3, -0.25) is 4.79 Å². The molecule has 1 rings (SSSR count). The maximum absolute atomic E-state index is 11.1. The SMILES string of the molecule is CC(=O)c1ccc(OS)c(COS)c1. The van der Waals surface area contributed by atoms with Crippen molar-refractivity contribution in [2.75, 3.05) is 0 Å². The van der Waals surface area contributed by atoms with Gasteiger partial charge in [-0.15, -0.1) is 0 Å². The molecule has 0 aromatic heterocycles. The maximum Gasteiger partial charge on any atom is 0.159 e. The molecule has 0 aliphatic rings. The van der Waals surface area contributed by atoms with E-state index in [4.69, 9.17) is 4.18 Å². The number of Topliss-reactive ketones (excluding diaryl/α,β-unsaturated/α-hetero) is 1. The van der Waals surface area contributed by atoms with Crippen molar-refractivity contribution in [3.63, 3.8) is 0 Å². The third-order valence-electron chi connectivity index (χ3n) is 1.79. The molecule has 0 atom stereocenters. The lowest BCUT2D eigenvalue weighted by Crippen LogP contribution is -1.96. The van der Waals surface area contributed by atoms with Crippen LogP contribution in [0.3, 0.4) is 0 Å². The fourth-order valence-electron chi connectivity index (χ4n) is 1.07. The predicted octanol–water partition coefficient (Wildman–Crippen LogP) is 2.47. The van der Waals surface area contributed by atoms with Gasteiger partial charge >= 0.3 is 0 Å². The summed E-state index contributed by atoms with van der Waals surface area (Å²) >= 11 is 7.33. The molecule has 0 amide bonds. The molecule has 0 radical (unpaired) electrons. The average Bonchev–Trinajstić information content (AvgIpc) is 2.18. The first kappa shape index (κ1) is 11.4. The molecule has 0 aliphatic carbocycles. The molecule has 0 N–H and O–H groups in total. The number of thiol groups is 2. The van der Waals surface area contributed by atoms with Crippen LogP contribution < -0.4 is 4.18 Å². The van der Waals surface area contributed by atoms with Crippen LogP contribution in [-0.2, 0) is 10.8 Å². The largest absolute Gasteiger partial charge is 0.429 e. The Morgan fingerprint density at radius 3 is 2.64 bits per heavy atom. The van der Waals surface area contributed by atoms with Gasteiger partial charge in [0.15, 0.2) is 5.78 Å². The van der Waals surface area contributed by atoms with Gasteiger partial charge in [0.05, 0.1) is 6.61 Å². The van der Waals surface area contributed by atoms with E-state index in [1.54, 1.807) is 18.2 Å². The van der Waals surface area contributed by atoms with Crippen LogP contribution in [0.25, 0.3) is 0 Å². The van der Waals surface area contributed by atoms with E-state index < -0.39 is 0 Å². The van der Waals surface area contributed by atoms with E-state index in [-0.39, 0.29) is 12.4 Å². The number of hydrogen-bond donors (Lipinski definition) is 2. The van der Waals surface area contributed by atoms with Crippen LogP contribution in [0.1, 0.15) is 22.8 Å². The fraction of sp³-hybridized carbons (Fsp3) is 0.222. The van der Waals surface area contributed by atoms with Crippen molar-refractivity contribution in [1.82, 2.24) is 0 Å². The fourth-order valence-corrected chi connectivity index (χ4v) is 1.39. The second-order valence-corrected chi connectivity index (χ2v) is 3.18. The highest BCUT2D eigenvalue weighted by atomic mass is 32.1. The Morgan fingerprint density at radius 1 is 1.43 bits per heavy atom. The maximum atomic E-state index is 11.1. The molecule has 1 aromatic carbocycles. The first-order valence-electron chi connectivity index (χ1n) is 3.90. The van der Waals surface area contributed by atoms with Gasteiger partial charge in [0, 0.05) is 24.0 Å². The van der Waals surface area contributed by atoms with Crippen LogP contribution in [0.5, 0.6) is 5.75 Å². The van der Waals surface area contributed by atoms with Gasteiger partial charge in [-0.2, -0.15) is 0 Å². The first-order chi connectivity index (χ1) is 6.69. The van der Waals surface area contributed by atoms with E-state index in [2.05, 4.69) is 30.0 Å². The summed E-state index contributed by atoms with van der Waals surface area (Å²) < 4.78 is 9.48. The molecule has 0 fully saturated rings. The standard InChI is InChI=1S/C9H10O3S2/c1-6(10)7-2-3-9(12-14)8(4-7)5-11-13/h2-4,13-14H,5H2,1H3. The molecule has 0 heterocycles. The summed E-state index contributed by atoms with van der Waals surface area (Å²) in [6, 6.07) is 5.05. The molecule has 0 unspecified atom stereocenters. The molecule has 76 valence electrons. The van der Waals surface area contributed by atoms with E-state index >= 15 is 0 Å². The van der Waals surface area contributed by atoms with Crippen LogP contribution in [0, 0.1) is 0 Å². The van der Waals surface area contributed by atoms with Crippen molar-refractivity contribution in [2.45, 2.75) is 13.5 Å². The monoisotopic (exact) mass is 230 g/mol. The normalized spacial score (nSPS) is 9.93. The first-order valence-corrected chi connectivity index (χ1v) is 4.63. The molecule has 14 heavy (non-hydrogen) atoms. The second-order valence-electron chi connectivity index (χ2n) is 2.74. The summed E-state index contributed by atoms with van der Waals surface area (Å²) in [6.45, 7) is 1.77. The summed E-state index contributed by atoms with van der Waals surface area (Å²) in [7, 11) is 0. The Hall–Kier alpha value is -0.650. The molecule has 0 bridgehead atoms. The Morgan fingerprint density at radius 2 is 2.14 bits per heavy atom. The molecule has 0 aliphatic heterocycles. The van der Waals surface area contributed by atoms with E-state index in [1.165, 1.54) is 6.92 Å². The summed E-state index contributed by atoms with van der Waals surface area (Å²) in [6.07, 6.45) is 0. The van der Waals surface area contributed by atoms with Gasteiger partial charge < -0.3 is 8.37 Å². The lowest BCUT2D eigenvalue weighted by Gasteiger charge is -2.06. The molecule has 0 spiro atoms. The minimum Gasteiger partial charge on any atom is -0.429 e. The van der Waals surface area contributed by atoms with E-state index in [0.717, 1.165) is 5.56 Å². The highest BCUT2D eigenvalue weighted by Crippen LogP contribution is 2.22. The van der Waals surface area contributed by atoms with Gasteiger partial charge in [0.25, 0.3) is 0 Å². The lowest BCUT2D eigenvalue weighted by atomic mass is 10.1. The molecule has 5 heteroatoms. The highest BCUT2D eigenvalue weighted by Gasteiger charge is 2.07. The third-order valence-corrected chi connectivity index (χ3v) is 2.11. The van der Waals surface area contributed by atoms with Gasteiger partial charge in [-0.1, -0.05) is 0 Å². The van der Waals surface area contributed by atoms with Crippen LogP contribution >= 0.6 is 25.8 Å². The zero-order valence-corrected chi connectivity index (χ0v) is 9.35. The molecular formula is C9H10O3S2. The zero-order valence-electron chi connectivity index (χ0n) is 7.56. The Balaban J connectivity index is 3.07. The number of benzene rings is 1. The van der Waals surface area contributed by atoms with Crippen LogP contribution in [-0.4, -0.2) is 5.78 Å². The van der Waals surface area contributed by atoms with E-state index in [9.17, 15) is 4.79 Å². The van der Waals surface area contributed by atoms with Crippen molar-refractivity contribution in [3.8, 4) is 5.75 Å². The highest BCUT2D eigenvalue weighted by molar-refractivity contribution is 7.75. The van der Waals surface area contributed by atoms with Crippen molar-refractivity contribution < 1.29 is 13.2 Å². The zero-order chi connectivity index (χ0) is 10.6. The molecular weight excluding hydrogens is 220 g/mol. The number of carbonyl (C=O) groups excluding carboxylic acids is 1. The third kappa shape index (κ3) is 2.67. The average molecular weight is 230 g/mol. The Bertz CT molecular complexity index is 339. The van der Waals surface area contributed by atoms with Gasteiger partial charge in [-0.25, -0.2) is 0 Å². The lowest BCUT2D eigenvalue weighted by molar-refractivity contribution is 0.101. The van der Waals surface area contributed by atoms with Crippen molar-refractivity contribution in [2.24, 2.45) is 0 Å². The smallest absolute Gasteiger partial charge is 0.159 e. The number of ketones is 1. The Labute approximate surface area is 93.6 Å². The van der Waals surface area contributed by atoms with E-state index in [0.29, 0.717) is 11.3 Å². The predicted molar refractivity (Wildman–Crippen MR) is 59.8 cm³/mol. The minimum absolute atomic E-state index is 0.00358. The van der Waals surface area contributed by atoms with Gasteiger partial charge in [0.1, 0.15) is 5.75 Å². The van der Waals surface area contributed by atoms with Gasteiger partial charge in [-0.05, 0) is 38.0 Å². The Kier molecular flexibility index (Phi) is 4.31. The van der Waals surface area contributed by atoms with E-state index in [1.807, 2.05) is 0 Å². The molecule has 1 aromatic rings. The van der Waals surface area contributed by atoms with Crippen molar-refractivity contribution in [1.29, 1.82) is 0 Å². The quantitative estimate of drug-likeness (QED) is 0.474. The van der Waals surface area contributed by atoms with Crippen molar-refractivity contribution in [3.05, 3.63) is 29.3 Å². The molecule has 3 nitrogen and oxygen atoms in total. The van der Waals surface area contributed by atoms with Gasteiger partial charge in [0.2, 0.25) is 0 Å². The van der Waals surface area contributed by atoms with Crippen LogP contribution in [0.4, 0.5) is 0 Å². The summed E-state index contributed by atoms with van der Waals surface area (Å²) in [5, 5.41) is 0.